The highest BCUT2D eigenvalue weighted by molar-refractivity contribution is 6.80. The van der Waals surface area contributed by atoms with Crippen LogP contribution in [0.2, 0.25) is 16.1 Å². The summed E-state index contributed by atoms with van der Waals surface area (Å²) in [6, 6.07) is 0. The molecule has 1 rings (SSSR count). The van der Waals surface area contributed by atoms with Gasteiger partial charge in [0.15, 0.2) is 0 Å². The minimum absolute atomic E-state index is 0.0490. The van der Waals surface area contributed by atoms with E-state index in [1.807, 2.05) is 0 Å². The fourth-order valence-corrected chi connectivity index (χ4v) is 11.5. The van der Waals surface area contributed by atoms with Gasteiger partial charge >= 0.3 is 5.97 Å². The molecule has 2 unspecified atom stereocenters. The first-order valence-corrected chi connectivity index (χ1v) is 12.4. The lowest BCUT2D eigenvalue weighted by atomic mass is 9.97. The van der Waals surface area contributed by atoms with Gasteiger partial charge in [-0.15, -0.1) is 0 Å². The third-order valence-corrected chi connectivity index (χ3v) is 12.9. The van der Waals surface area contributed by atoms with E-state index in [0.29, 0.717) is 29.8 Å². The Kier molecular flexibility index (Phi) is 7.94. The number of carbonyl (C=O) groups excluding carboxylic acids is 1. The van der Waals surface area contributed by atoms with E-state index in [0.717, 1.165) is 19.3 Å². The van der Waals surface area contributed by atoms with Crippen LogP contribution < -0.4 is 0 Å². The van der Waals surface area contributed by atoms with Crippen LogP contribution in [0.5, 0.6) is 0 Å². The van der Waals surface area contributed by atoms with E-state index >= 15 is 0 Å². The lowest BCUT2D eigenvalue weighted by Crippen LogP contribution is -2.56. The maximum absolute atomic E-state index is 13.1. The van der Waals surface area contributed by atoms with Gasteiger partial charge in [0.25, 0.3) is 14.3 Å². The first-order chi connectivity index (χ1) is 11.9. The van der Waals surface area contributed by atoms with Gasteiger partial charge in [-0.05, 0) is 41.3 Å². The molecule has 1 aliphatic carbocycles. The monoisotopic (exact) mass is 384 g/mol. The maximum atomic E-state index is 13.1. The second-order valence-corrected chi connectivity index (χ2v) is 15.3. The van der Waals surface area contributed by atoms with E-state index in [4.69, 9.17) is 4.43 Å². The van der Waals surface area contributed by atoms with Crippen LogP contribution in [0, 0.1) is 17.8 Å². The second kappa shape index (κ2) is 8.90. The van der Waals surface area contributed by atoms with Crippen LogP contribution in [0.15, 0.2) is 0 Å². The zero-order valence-corrected chi connectivity index (χ0v) is 19.1. The second-order valence-electron chi connectivity index (χ2n) is 9.82. The van der Waals surface area contributed by atoms with Gasteiger partial charge in [-0.2, -0.15) is 0 Å². The predicted molar refractivity (Wildman–Crippen MR) is 109 cm³/mol. The molecule has 1 aliphatic rings. The zero-order chi connectivity index (χ0) is 20.3. The molecular formula is C21H40O4Si. The summed E-state index contributed by atoms with van der Waals surface area (Å²) < 4.78 is 6.46. The van der Waals surface area contributed by atoms with Gasteiger partial charge in [0.2, 0.25) is 0 Å². The van der Waals surface area contributed by atoms with Crippen molar-refractivity contribution in [3.8, 4) is 0 Å². The van der Waals surface area contributed by atoms with E-state index in [9.17, 15) is 14.7 Å². The average molecular weight is 385 g/mol. The number of rotatable bonds is 9. The topological polar surface area (TPSA) is 63.6 Å². The molecule has 0 aromatic heterocycles. The van der Waals surface area contributed by atoms with Gasteiger partial charge in [-0.25, -0.2) is 0 Å². The Morgan fingerprint density at radius 2 is 1.54 bits per heavy atom. The van der Waals surface area contributed by atoms with Crippen LogP contribution in [0.1, 0.15) is 87.5 Å². The molecule has 26 heavy (non-hydrogen) atoms. The molecule has 5 heteroatoms. The molecule has 1 saturated carbocycles. The quantitative estimate of drug-likeness (QED) is 0.494. The number of hydrogen-bond acceptors (Lipinski definition) is 3. The molecule has 0 amide bonds. The molecule has 152 valence electrons. The summed E-state index contributed by atoms with van der Waals surface area (Å²) in [7, 11) is -2.48. The normalized spacial score (nSPS) is 21.7. The van der Waals surface area contributed by atoms with Crippen molar-refractivity contribution in [3.05, 3.63) is 0 Å². The molecule has 0 aromatic rings. The fraction of sp³-hybridized carbons (Fsp3) is 0.905. The lowest BCUT2D eigenvalue weighted by Gasteiger charge is -2.50. The molecule has 2 atom stereocenters. The molecule has 0 aromatic carbocycles. The summed E-state index contributed by atoms with van der Waals surface area (Å²) in [5, 5.41) is 9.41. The molecule has 0 aliphatic heterocycles. The molecule has 4 nitrogen and oxygen atoms in total. The summed E-state index contributed by atoms with van der Waals surface area (Å²) in [5.74, 6) is -1.54. The molecule has 0 saturated heterocycles. The van der Waals surface area contributed by atoms with Crippen molar-refractivity contribution in [1.29, 1.82) is 0 Å². The summed E-state index contributed by atoms with van der Waals surface area (Å²) in [6.45, 7) is 17.7. The van der Waals surface area contributed by atoms with Crippen molar-refractivity contribution in [2.24, 2.45) is 17.8 Å². The van der Waals surface area contributed by atoms with E-state index < -0.39 is 26.1 Å². The van der Waals surface area contributed by atoms with E-state index in [2.05, 4.69) is 55.4 Å². The van der Waals surface area contributed by atoms with Crippen LogP contribution in [-0.4, -0.2) is 25.4 Å². The minimum Gasteiger partial charge on any atom is -0.518 e. The highest BCUT2D eigenvalue weighted by atomic mass is 28.4. The van der Waals surface area contributed by atoms with Crippen molar-refractivity contribution >= 4 is 20.3 Å². The van der Waals surface area contributed by atoms with E-state index in [1.165, 1.54) is 0 Å². The molecule has 0 heterocycles. The van der Waals surface area contributed by atoms with E-state index in [1.54, 1.807) is 0 Å². The van der Waals surface area contributed by atoms with Crippen LogP contribution in [0.25, 0.3) is 0 Å². The van der Waals surface area contributed by atoms with Gasteiger partial charge < -0.3 is 9.53 Å². The predicted octanol–water partition coefficient (Wildman–Crippen LogP) is 6.01. The fourth-order valence-electron chi connectivity index (χ4n) is 5.23. The van der Waals surface area contributed by atoms with Crippen molar-refractivity contribution in [1.82, 2.24) is 0 Å². The Labute approximate surface area is 161 Å². The molecule has 1 N–H and O–H groups in total. The van der Waals surface area contributed by atoms with Crippen LogP contribution in [0.3, 0.4) is 0 Å². The summed E-state index contributed by atoms with van der Waals surface area (Å²) in [5.41, 5.74) is 0.580. The Morgan fingerprint density at radius 1 is 1.04 bits per heavy atom. The van der Waals surface area contributed by atoms with Crippen molar-refractivity contribution in [3.63, 3.8) is 0 Å². The van der Waals surface area contributed by atoms with Gasteiger partial charge in [-0.1, -0.05) is 68.2 Å². The van der Waals surface area contributed by atoms with Crippen LogP contribution >= 0.6 is 0 Å². The van der Waals surface area contributed by atoms with Crippen molar-refractivity contribution < 1.29 is 19.1 Å². The van der Waals surface area contributed by atoms with Gasteiger partial charge in [0.1, 0.15) is 0 Å². The first-order valence-electron chi connectivity index (χ1n) is 10.3. The summed E-state index contributed by atoms with van der Waals surface area (Å²) in [6.07, 6.45) is 4.17. The third-order valence-electron chi connectivity index (χ3n) is 6.53. The van der Waals surface area contributed by atoms with Crippen molar-refractivity contribution in [2.45, 2.75) is 104 Å². The number of aliphatic carboxylic acids is 1. The Morgan fingerprint density at radius 3 is 1.96 bits per heavy atom. The third kappa shape index (κ3) is 4.70. The average Bonchev–Trinajstić information content (AvgIpc) is 2.99. The molecular weight excluding hydrogens is 344 g/mol. The standard InChI is InChI=1S/C21H40O4Si/c1-14(2)12-13-21(7,8)26(15(3)4,16(5)6)25-20(24)18-11-9-10-17(18)19(22)23/h14-18H,9-13H2,1-8H3,(H,22,23). The highest BCUT2D eigenvalue weighted by Gasteiger charge is 2.57. The number of carboxylic acids is 1. The van der Waals surface area contributed by atoms with Gasteiger partial charge in [0.05, 0.1) is 11.8 Å². The Hall–Kier alpha value is -0.843. The SMILES string of the molecule is CC(C)CCC(C)(C)[Si](OC(=O)C1CCCC1C(=O)O)(C(C)C)C(C)C. The zero-order valence-electron chi connectivity index (χ0n) is 18.1. The Balaban J connectivity index is 3.17. The molecule has 1 fully saturated rings. The lowest BCUT2D eigenvalue weighted by molar-refractivity contribution is -0.151. The minimum atomic E-state index is -2.48. The number of carbonyl (C=O) groups is 2. The Bertz CT molecular complexity index is 488. The first kappa shape index (κ1) is 23.2. The number of hydrogen-bond donors (Lipinski definition) is 1. The van der Waals surface area contributed by atoms with Crippen LogP contribution in [-0.2, 0) is 14.0 Å². The molecule has 0 bridgehead atoms. The summed E-state index contributed by atoms with van der Waals surface area (Å²) >= 11 is 0. The van der Waals surface area contributed by atoms with E-state index in [-0.39, 0.29) is 11.0 Å². The maximum Gasteiger partial charge on any atom is 0.307 e. The summed E-state index contributed by atoms with van der Waals surface area (Å²) in [4.78, 5) is 24.6. The molecule has 0 spiro atoms. The van der Waals surface area contributed by atoms with Gasteiger partial charge in [-0.3, -0.25) is 9.59 Å². The molecule has 0 radical (unpaired) electrons. The van der Waals surface area contributed by atoms with Gasteiger partial charge in [0, 0.05) is 0 Å². The smallest absolute Gasteiger partial charge is 0.307 e. The number of carboxylic acid groups (broad SMARTS) is 1. The van der Waals surface area contributed by atoms with Crippen LogP contribution in [0.4, 0.5) is 0 Å². The van der Waals surface area contributed by atoms with Crippen molar-refractivity contribution in [2.75, 3.05) is 0 Å². The highest BCUT2D eigenvalue weighted by Crippen LogP contribution is 2.54. The largest absolute Gasteiger partial charge is 0.518 e.